The van der Waals surface area contributed by atoms with Crippen molar-refractivity contribution in [3.8, 4) is 22.5 Å². The first-order valence-corrected chi connectivity index (χ1v) is 12.1. The lowest BCUT2D eigenvalue weighted by molar-refractivity contribution is 0.298. The van der Waals surface area contributed by atoms with Crippen LogP contribution in [0.5, 0.6) is 0 Å². The minimum Gasteiger partial charge on any atom is -0.396 e. The van der Waals surface area contributed by atoms with Gasteiger partial charge in [0.15, 0.2) is 5.65 Å². The molecule has 1 aliphatic carbocycles. The Balaban J connectivity index is 1.44. The Hall–Kier alpha value is -3.91. The number of pyridine rings is 1. The summed E-state index contributed by atoms with van der Waals surface area (Å²) < 4.78 is 2.34. The lowest BCUT2D eigenvalue weighted by Crippen LogP contribution is -2.12. The fourth-order valence-corrected chi connectivity index (χ4v) is 5.38. The first-order valence-electron chi connectivity index (χ1n) is 12.1. The molecule has 8 nitrogen and oxygen atoms in total. The molecular weight excluding hydrogens is 438 g/mol. The van der Waals surface area contributed by atoms with Gasteiger partial charge in [-0.05, 0) is 58.9 Å². The van der Waals surface area contributed by atoms with Gasteiger partial charge in [0.2, 0.25) is 5.82 Å². The lowest BCUT2D eigenvalue weighted by atomic mass is 9.96. The number of fused-ring (bicyclic) bond motifs is 2. The standard InChI is InChI=1S/C27H27N7O/c1-3-24-29-25-16(2)14-19(12-13-35)28-27(25)34(24)23-11-9-18-15-17(8-10-21(18)23)20-6-4-5-7-22(20)26-30-32-33-31-26/h4-8,10,14-15,23,35H,3,9,11-13H2,1-2H3,(H,30,31,32,33). The highest BCUT2D eigenvalue weighted by atomic mass is 16.3. The third kappa shape index (κ3) is 3.61. The molecule has 0 bridgehead atoms. The van der Waals surface area contributed by atoms with Gasteiger partial charge in [-0.15, -0.1) is 10.2 Å². The van der Waals surface area contributed by atoms with E-state index in [0.29, 0.717) is 12.2 Å². The van der Waals surface area contributed by atoms with Crippen molar-refractivity contribution in [2.75, 3.05) is 6.61 Å². The highest BCUT2D eigenvalue weighted by Gasteiger charge is 2.29. The van der Waals surface area contributed by atoms with Crippen LogP contribution in [0.25, 0.3) is 33.7 Å². The molecule has 2 N–H and O–H groups in total. The number of H-pyrrole nitrogens is 1. The molecule has 1 aliphatic rings. The minimum atomic E-state index is 0.0904. The second kappa shape index (κ2) is 8.70. The number of aromatic amines is 1. The number of benzene rings is 2. The van der Waals surface area contributed by atoms with Crippen LogP contribution < -0.4 is 0 Å². The van der Waals surface area contributed by atoms with E-state index in [2.05, 4.69) is 63.3 Å². The molecule has 35 heavy (non-hydrogen) atoms. The van der Waals surface area contributed by atoms with Gasteiger partial charge >= 0.3 is 0 Å². The van der Waals surface area contributed by atoms with Gasteiger partial charge in [-0.2, -0.15) is 5.21 Å². The first-order chi connectivity index (χ1) is 17.2. The summed E-state index contributed by atoms with van der Waals surface area (Å²) in [6, 6.07) is 17.2. The minimum absolute atomic E-state index is 0.0904. The zero-order chi connectivity index (χ0) is 23.9. The molecule has 6 rings (SSSR count). The summed E-state index contributed by atoms with van der Waals surface area (Å²) in [6.07, 6.45) is 3.39. The van der Waals surface area contributed by atoms with Crippen LogP contribution in [0.1, 0.15) is 47.6 Å². The SMILES string of the molecule is CCc1nc2c(C)cc(CCO)nc2n1C1CCc2cc(-c3ccccc3-c3nn[nH]n3)ccc21. The molecule has 5 aromatic rings. The smallest absolute Gasteiger partial charge is 0.205 e. The summed E-state index contributed by atoms with van der Waals surface area (Å²) in [4.78, 5) is 9.90. The van der Waals surface area contributed by atoms with Crippen molar-refractivity contribution in [3.05, 3.63) is 76.7 Å². The maximum absolute atomic E-state index is 9.47. The Kier molecular flexibility index (Phi) is 5.37. The van der Waals surface area contributed by atoms with E-state index in [0.717, 1.165) is 64.2 Å². The number of aliphatic hydroxyl groups is 1. The highest BCUT2D eigenvalue weighted by molar-refractivity contribution is 5.81. The van der Waals surface area contributed by atoms with E-state index in [1.807, 2.05) is 24.3 Å². The molecule has 0 saturated heterocycles. The molecule has 0 radical (unpaired) electrons. The van der Waals surface area contributed by atoms with Crippen LogP contribution in [0.3, 0.4) is 0 Å². The average Bonchev–Trinajstić information content (AvgIpc) is 3.62. The predicted molar refractivity (Wildman–Crippen MR) is 134 cm³/mol. The van der Waals surface area contributed by atoms with Crippen molar-refractivity contribution in [2.24, 2.45) is 0 Å². The Morgan fingerprint density at radius 3 is 2.71 bits per heavy atom. The largest absolute Gasteiger partial charge is 0.396 e. The molecule has 0 saturated carbocycles. The van der Waals surface area contributed by atoms with E-state index in [9.17, 15) is 5.11 Å². The third-order valence-corrected chi connectivity index (χ3v) is 6.97. The number of nitrogens with zero attached hydrogens (tertiary/aromatic N) is 6. The molecule has 0 aliphatic heterocycles. The molecule has 8 heteroatoms. The number of aryl methyl sites for hydroxylation is 3. The normalized spacial score (nSPS) is 15.1. The van der Waals surface area contributed by atoms with Gasteiger partial charge < -0.3 is 9.67 Å². The maximum atomic E-state index is 9.47. The van der Waals surface area contributed by atoms with Crippen LogP contribution in [-0.4, -0.2) is 46.9 Å². The molecular formula is C27H27N7O. The molecule has 0 fully saturated rings. The van der Waals surface area contributed by atoms with E-state index in [1.165, 1.54) is 11.1 Å². The van der Waals surface area contributed by atoms with Crippen molar-refractivity contribution in [1.82, 2.24) is 35.2 Å². The molecule has 0 spiro atoms. The quantitative estimate of drug-likeness (QED) is 0.389. The van der Waals surface area contributed by atoms with Gasteiger partial charge in [0.25, 0.3) is 0 Å². The Bertz CT molecular complexity index is 1520. The lowest BCUT2D eigenvalue weighted by Gasteiger charge is -2.18. The van der Waals surface area contributed by atoms with Crippen molar-refractivity contribution in [3.63, 3.8) is 0 Å². The predicted octanol–water partition coefficient (Wildman–Crippen LogP) is 4.22. The van der Waals surface area contributed by atoms with Crippen LogP contribution in [0.4, 0.5) is 0 Å². The number of hydrogen-bond acceptors (Lipinski definition) is 6. The Morgan fingerprint density at radius 1 is 1.09 bits per heavy atom. The Labute approximate surface area is 203 Å². The summed E-state index contributed by atoms with van der Waals surface area (Å²) in [7, 11) is 0. The third-order valence-electron chi connectivity index (χ3n) is 6.97. The molecule has 3 aromatic heterocycles. The summed E-state index contributed by atoms with van der Waals surface area (Å²) in [6.45, 7) is 4.32. The number of nitrogens with one attached hydrogen (secondary N) is 1. The molecule has 0 amide bonds. The zero-order valence-corrected chi connectivity index (χ0v) is 19.9. The first kappa shape index (κ1) is 21.6. The number of tetrazole rings is 1. The molecule has 176 valence electrons. The molecule has 1 unspecified atom stereocenters. The van der Waals surface area contributed by atoms with Gasteiger partial charge in [-0.3, -0.25) is 0 Å². The van der Waals surface area contributed by atoms with E-state index < -0.39 is 0 Å². The fourth-order valence-electron chi connectivity index (χ4n) is 5.38. The number of rotatable bonds is 6. The van der Waals surface area contributed by atoms with E-state index >= 15 is 0 Å². The summed E-state index contributed by atoms with van der Waals surface area (Å²) in [5.74, 6) is 1.65. The Morgan fingerprint density at radius 2 is 1.94 bits per heavy atom. The number of imidazole rings is 1. The summed E-state index contributed by atoms with van der Waals surface area (Å²) in [5, 5.41) is 24.1. The molecule has 2 aromatic carbocycles. The second-order valence-corrected chi connectivity index (χ2v) is 9.08. The van der Waals surface area contributed by atoms with Gasteiger partial charge in [0, 0.05) is 30.7 Å². The monoisotopic (exact) mass is 465 g/mol. The van der Waals surface area contributed by atoms with E-state index in [-0.39, 0.29) is 12.6 Å². The van der Waals surface area contributed by atoms with Gasteiger partial charge in [-0.25, -0.2) is 9.97 Å². The average molecular weight is 466 g/mol. The summed E-state index contributed by atoms with van der Waals surface area (Å²) >= 11 is 0. The second-order valence-electron chi connectivity index (χ2n) is 9.08. The van der Waals surface area contributed by atoms with Crippen LogP contribution in [-0.2, 0) is 19.3 Å². The molecule has 1 atom stereocenters. The zero-order valence-electron chi connectivity index (χ0n) is 19.9. The van der Waals surface area contributed by atoms with Gasteiger partial charge in [0.1, 0.15) is 11.3 Å². The van der Waals surface area contributed by atoms with Crippen molar-refractivity contribution >= 4 is 11.2 Å². The summed E-state index contributed by atoms with van der Waals surface area (Å²) in [5.41, 5.74) is 9.78. The number of hydrogen-bond donors (Lipinski definition) is 2. The number of aromatic nitrogens is 7. The van der Waals surface area contributed by atoms with Crippen molar-refractivity contribution in [1.29, 1.82) is 0 Å². The fraction of sp³-hybridized carbons (Fsp3) is 0.296. The molecule has 3 heterocycles. The van der Waals surface area contributed by atoms with Crippen LogP contribution in [0, 0.1) is 6.92 Å². The number of aliphatic hydroxyl groups excluding tert-OH is 1. The van der Waals surface area contributed by atoms with Gasteiger partial charge in [0.05, 0.1) is 6.04 Å². The van der Waals surface area contributed by atoms with Crippen LogP contribution in [0.2, 0.25) is 0 Å². The topological polar surface area (TPSA) is 105 Å². The van der Waals surface area contributed by atoms with Crippen LogP contribution in [0.15, 0.2) is 48.5 Å². The highest BCUT2D eigenvalue weighted by Crippen LogP contribution is 2.40. The van der Waals surface area contributed by atoms with Crippen LogP contribution >= 0.6 is 0 Å². The van der Waals surface area contributed by atoms with Crippen molar-refractivity contribution < 1.29 is 5.11 Å². The van der Waals surface area contributed by atoms with E-state index in [1.54, 1.807) is 0 Å². The van der Waals surface area contributed by atoms with Crippen molar-refractivity contribution in [2.45, 2.75) is 45.6 Å². The maximum Gasteiger partial charge on any atom is 0.205 e. The van der Waals surface area contributed by atoms with E-state index in [4.69, 9.17) is 9.97 Å². The van der Waals surface area contributed by atoms with Gasteiger partial charge in [-0.1, -0.05) is 49.4 Å².